The Kier molecular flexibility index (Phi) is 5.36. The quantitative estimate of drug-likeness (QED) is 0.553. The lowest BCUT2D eigenvalue weighted by atomic mass is 9.80. The summed E-state index contributed by atoms with van der Waals surface area (Å²) in [5, 5.41) is 1.40. The fourth-order valence-electron chi connectivity index (χ4n) is 3.71. The van der Waals surface area contributed by atoms with E-state index in [0.29, 0.717) is 0 Å². The topological polar surface area (TPSA) is 0 Å². The molecule has 1 aliphatic rings. The van der Waals surface area contributed by atoms with Crippen LogP contribution in [0.4, 0.5) is 0 Å². The van der Waals surface area contributed by atoms with Crippen molar-refractivity contribution in [1.82, 2.24) is 0 Å². The van der Waals surface area contributed by atoms with Gasteiger partial charge < -0.3 is 0 Å². The Labute approximate surface area is 139 Å². The van der Waals surface area contributed by atoms with Gasteiger partial charge in [0.2, 0.25) is 0 Å². The number of benzene rings is 1. The molecule has 3 rings (SSSR count). The highest BCUT2D eigenvalue weighted by atomic mass is 32.1. The Morgan fingerprint density at radius 2 is 1.91 bits per heavy atom. The number of fused-ring (bicyclic) bond motifs is 1. The largest absolute Gasteiger partial charge is 0.136 e. The predicted octanol–water partition coefficient (Wildman–Crippen LogP) is 7.08. The maximum absolute atomic E-state index is 2.48. The van der Waals surface area contributed by atoms with Gasteiger partial charge in [-0.1, -0.05) is 44.9 Å². The second-order valence-electron chi connectivity index (χ2n) is 6.80. The molecule has 0 N–H and O–H groups in total. The number of hydrogen-bond acceptors (Lipinski definition) is 1. The Morgan fingerprint density at radius 1 is 1.09 bits per heavy atom. The van der Waals surface area contributed by atoms with E-state index in [4.69, 9.17) is 0 Å². The molecule has 0 aliphatic heterocycles. The maximum atomic E-state index is 2.48. The highest BCUT2D eigenvalue weighted by molar-refractivity contribution is 7.19. The third kappa shape index (κ3) is 3.81. The van der Waals surface area contributed by atoms with E-state index in [0.717, 1.165) is 18.3 Å². The van der Waals surface area contributed by atoms with Crippen molar-refractivity contribution < 1.29 is 0 Å². The monoisotopic (exact) mass is 312 g/mol. The summed E-state index contributed by atoms with van der Waals surface area (Å²) in [5.41, 5.74) is 1.44. The minimum Gasteiger partial charge on any atom is -0.136 e. The van der Waals surface area contributed by atoms with Crippen LogP contribution in [0.3, 0.4) is 0 Å². The molecule has 0 unspecified atom stereocenters. The molecule has 0 radical (unpaired) electrons. The molecule has 1 saturated carbocycles. The van der Waals surface area contributed by atoms with Gasteiger partial charge >= 0.3 is 0 Å². The number of allylic oxidation sites excluding steroid dienone is 1. The van der Waals surface area contributed by atoms with Crippen molar-refractivity contribution in [3.05, 3.63) is 40.8 Å². The smallest absolute Gasteiger partial charge is 0.0351 e. The van der Waals surface area contributed by atoms with Gasteiger partial charge in [0.25, 0.3) is 0 Å². The fraction of sp³-hybridized carbons (Fsp3) is 0.524. The maximum Gasteiger partial charge on any atom is 0.0351 e. The first-order valence-corrected chi connectivity index (χ1v) is 9.80. The lowest BCUT2D eigenvalue weighted by Gasteiger charge is -2.26. The van der Waals surface area contributed by atoms with Gasteiger partial charge in [0.15, 0.2) is 0 Å². The lowest BCUT2D eigenvalue weighted by molar-refractivity contribution is 0.295. The highest BCUT2D eigenvalue weighted by Crippen LogP contribution is 2.33. The summed E-state index contributed by atoms with van der Waals surface area (Å²) in [4.78, 5) is 1.42. The number of aryl methyl sites for hydroxylation is 1. The summed E-state index contributed by atoms with van der Waals surface area (Å²) >= 11 is 1.94. The SMILES string of the molecule is CCCC1CCC(/C=C/c2cc3ccc(CC)cc3s2)CC1. The molecule has 0 bridgehead atoms. The summed E-state index contributed by atoms with van der Waals surface area (Å²) in [6.07, 6.45) is 14.4. The van der Waals surface area contributed by atoms with Crippen molar-refractivity contribution in [2.75, 3.05) is 0 Å². The summed E-state index contributed by atoms with van der Waals surface area (Å²) in [5.74, 6) is 1.82. The van der Waals surface area contributed by atoms with Gasteiger partial charge in [-0.15, -0.1) is 11.3 Å². The third-order valence-corrected chi connectivity index (χ3v) is 6.20. The van der Waals surface area contributed by atoms with Crippen LogP contribution in [0.1, 0.15) is 62.8 Å². The molecule has 1 aromatic heterocycles. The van der Waals surface area contributed by atoms with Crippen molar-refractivity contribution in [3.63, 3.8) is 0 Å². The zero-order valence-electron chi connectivity index (χ0n) is 14.0. The zero-order valence-corrected chi connectivity index (χ0v) is 14.8. The van der Waals surface area contributed by atoms with Crippen LogP contribution in [-0.2, 0) is 6.42 Å². The predicted molar refractivity (Wildman–Crippen MR) is 101 cm³/mol. The number of hydrogen-bond donors (Lipinski definition) is 0. The van der Waals surface area contributed by atoms with Crippen molar-refractivity contribution >= 4 is 27.5 Å². The molecule has 118 valence electrons. The number of thiophene rings is 1. The molecule has 0 spiro atoms. The van der Waals surface area contributed by atoms with E-state index in [-0.39, 0.29) is 0 Å². The second kappa shape index (κ2) is 7.46. The molecule has 0 nitrogen and oxygen atoms in total. The van der Waals surface area contributed by atoms with Gasteiger partial charge in [-0.05, 0) is 73.1 Å². The van der Waals surface area contributed by atoms with Crippen LogP contribution in [-0.4, -0.2) is 0 Å². The van der Waals surface area contributed by atoms with Gasteiger partial charge in [-0.25, -0.2) is 0 Å². The van der Waals surface area contributed by atoms with Crippen LogP contribution in [0, 0.1) is 11.8 Å². The Morgan fingerprint density at radius 3 is 2.64 bits per heavy atom. The molecule has 1 fully saturated rings. The van der Waals surface area contributed by atoms with Gasteiger partial charge in [0.1, 0.15) is 0 Å². The molecule has 0 atom stereocenters. The first-order valence-electron chi connectivity index (χ1n) is 8.99. The third-order valence-electron chi connectivity index (χ3n) is 5.13. The van der Waals surface area contributed by atoms with E-state index in [1.807, 2.05) is 11.3 Å². The summed E-state index contributed by atoms with van der Waals surface area (Å²) in [7, 11) is 0. The first-order chi connectivity index (χ1) is 10.8. The lowest BCUT2D eigenvalue weighted by Crippen LogP contribution is -2.12. The molecular weight excluding hydrogens is 284 g/mol. The van der Waals surface area contributed by atoms with Crippen LogP contribution >= 0.6 is 11.3 Å². The van der Waals surface area contributed by atoms with Crippen molar-refractivity contribution in [2.24, 2.45) is 11.8 Å². The Hall–Kier alpha value is -1.08. The van der Waals surface area contributed by atoms with E-state index in [9.17, 15) is 0 Å². The van der Waals surface area contributed by atoms with E-state index in [2.05, 4.69) is 50.3 Å². The molecule has 2 aromatic rings. The van der Waals surface area contributed by atoms with E-state index >= 15 is 0 Å². The minimum atomic E-state index is 0.810. The molecule has 0 amide bonds. The molecule has 0 saturated heterocycles. The van der Waals surface area contributed by atoms with Crippen LogP contribution < -0.4 is 0 Å². The summed E-state index contributed by atoms with van der Waals surface area (Å²) in [6, 6.07) is 9.24. The summed E-state index contributed by atoms with van der Waals surface area (Å²) in [6.45, 7) is 4.54. The van der Waals surface area contributed by atoms with Gasteiger partial charge in [-0.2, -0.15) is 0 Å². The first kappa shape index (κ1) is 15.8. The van der Waals surface area contributed by atoms with Crippen LogP contribution in [0.25, 0.3) is 16.2 Å². The molecular formula is C21H28S. The van der Waals surface area contributed by atoms with Crippen molar-refractivity contribution in [2.45, 2.75) is 58.8 Å². The average molecular weight is 313 g/mol. The van der Waals surface area contributed by atoms with E-state index in [1.165, 1.54) is 59.1 Å². The molecule has 1 aliphatic carbocycles. The standard InChI is InChI=1S/C21H28S/c1-3-5-17-6-8-18(9-7-17)11-13-20-15-19-12-10-16(4-2)14-21(19)22-20/h10-15,17-18H,3-9H2,1-2H3/b13-11+. The van der Waals surface area contributed by atoms with Crippen LogP contribution in [0.2, 0.25) is 0 Å². The average Bonchev–Trinajstić information content (AvgIpc) is 2.96. The molecule has 1 aromatic carbocycles. The minimum absolute atomic E-state index is 0.810. The van der Waals surface area contributed by atoms with Crippen LogP contribution in [0.15, 0.2) is 30.3 Å². The normalized spacial score (nSPS) is 22.6. The number of rotatable bonds is 5. The van der Waals surface area contributed by atoms with Gasteiger partial charge in [-0.3, -0.25) is 0 Å². The van der Waals surface area contributed by atoms with Crippen molar-refractivity contribution in [3.8, 4) is 0 Å². The summed E-state index contributed by atoms with van der Waals surface area (Å²) < 4.78 is 1.44. The van der Waals surface area contributed by atoms with Crippen LogP contribution in [0.5, 0.6) is 0 Å². The Bertz CT molecular complexity index is 626. The highest BCUT2D eigenvalue weighted by Gasteiger charge is 2.18. The molecule has 1 heterocycles. The Balaban J connectivity index is 1.63. The van der Waals surface area contributed by atoms with Gasteiger partial charge in [0.05, 0.1) is 0 Å². The van der Waals surface area contributed by atoms with E-state index < -0.39 is 0 Å². The zero-order chi connectivity index (χ0) is 15.4. The molecule has 22 heavy (non-hydrogen) atoms. The van der Waals surface area contributed by atoms with E-state index in [1.54, 1.807) is 0 Å². The molecule has 1 heteroatoms. The second-order valence-corrected chi connectivity index (χ2v) is 7.92. The fourth-order valence-corrected chi connectivity index (χ4v) is 4.75. The van der Waals surface area contributed by atoms with Gasteiger partial charge in [0, 0.05) is 9.58 Å². The van der Waals surface area contributed by atoms with Crippen molar-refractivity contribution in [1.29, 1.82) is 0 Å².